The van der Waals surface area contributed by atoms with Crippen LogP contribution in [0.15, 0.2) is 54.6 Å². The minimum atomic E-state index is 0.730. The number of nitrogens with zero attached hydrogens (tertiary/aromatic N) is 1. The van der Waals surface area contributed by atoms with Gasteiger partial charge in [0.15, 0.2) is 0 Å². The second-order valence-electron chi connectivity index (χ2n) is 5.81. The molecule has 24 heavy (non-hydrogen) atoms. The third-order valence-electron chi connectivity index (χ3n) is 4.00. The molecule has 0 amide bonds. The summed E-state index contributed by atoms with van der Waals surface area (Å²) in [4.78, 5) is 0. The molecule has 0 bridgehead atoms. The molecule has 3 aromatic rings. The van der Waals surface area contributed by atoms with Crippen molar-refractivity contribution in [2.45, 2.75) is 26.2 Å². The highest BCUT2D eigenvalue weighted by atomic mass is 16.5. The number of para-hydroxylation sites is 2. The SMILES string of the molecule is CCCCCOc1ccccc1-c1cc(-c2ccccc2N)[nH]n1. The molecule has 4 nitrogen and oxygen atoms in total. The van der Waals surface area contributed by atoms with Crippen molar-refractivity contribution in [2.75, 3.05) is 12.3 Å². The van der Waals surface area contributed by atoms with E-state index < -0.39 is 0 Å². The number of H-pyrrole nitrogens is 1. The van der Waals surface area contributed by atoms with Gasteiger partial charge < -0.3 is 10.5 Å². The standard InChI is InChI=1S/C20H23N3O/c1-2-3-8-13-24-20-12-7-5-10-16(20)19-14-18(22-23-19)15-9-4-6-11-17(15)21/h4-7,9-12,14H,2-3,8,13,21H2,1H3,(H,22,23). The van der Waals surface area contributed by atoms with Crippen LogP contribution in [0.4, 0.5) is 5.69 Å². The highest BCUT2D eigenvalue weighted by molar-refractivity contribution is 5.77. The van der Waals surface area contributed by atoms with Crippen LogP contribution in [0.3, 0.4) is 0 Å². The molecule has 0 saturated heterocycles. The van der Waals surface area contributed by atoms with E-state index in [2.05, 4.69) is 17.1 Å². The van der Waals surface area contributed by atoms with Gasteiger partial charge in [0.1, 0.15) is 5.75 Å². The fourth-order valence-electron chi connectivity index (χ4n) is 2.68. The molecule has 0 aliphatic rings. The number of nitrogen functional groups attached to an aromatic ring is 1. The Labute approximate surface area is 142 Å². The van der Waals surface area contributed by atoms with Gasteiger partial charge >= 0.3 is 0 Å². The Hall–Kier alpha value is -2.75. The number of unbranched alkanes of at least 4 members (excludes halogenated alkanes) is 2. The maximum absolute atomic E-state index is 6.05. The number of nitrogens with two attached hydrogens (primary N) is 1. The molecule has 0 radical (unpaired) electrons. The monoisotopic (exact) mass is 321 g/mol. The summed E-state index contributed by atoms with van der Waals surface area (Å²) in [7, 11) is 0. The summed E-state index contributed by atoms with van der Waals surface area (Å²) < 4.78 is 5.95. The molecule has 0 fully saturated rings. The summed E-state index contributed by atoms with van der Waals surface area (Å²) in [6, 6.07) is 17.8. The summed E-state index contributed by atoms with van der Waals surface area (Å²) >= 11 is 0. The molecule has 1 heterocycles. The molecule has 3 N–H and O–H groups in total. The van der Waals surface area contributed by atoms with Crippen LogP contribution >= 0.6 is 0 Å². The van der Waals surface area contributed by atoms with Crippen LogP contribution in [0, 0.1) is 0 Å². The number of ether oxygens (including phenoxy) is 1. The zero-order chi connectivity index (χ0) is 16.8. The van der Waals surface area contributed by atoms with Gasteiger partial charge in [-0.25, -0.2) is 0 Å². The molecule has 0 aliphatic heterocycles. The molecule has 3 rings (SSSR count). The molecule has 0 saturated carbocycles. The fourth-order valence-corrected chi connectivity index (χ4v) is 2.68. The summed E-state index contributed by atoms with van der Waals surface area (Å²) in [5.41, 5.74) is 10.5. The van der Waals surface area contributed by atoms with Crippen molar-refractivity contribution in [1.82, 2.24) is 10.2 Å². The number of rotatable bonds is 7. The average molecular weight is 321 g/mol. The number of hydrogen-bond donors (Lipinski definition) is 2. The lowest BCUT2D eigenvalue weighted by atomic mass is 10.1. The molecule has 0 aliphatic carbocycles. The predicted molar refractivity (Wildman–Crippen MR) is 98.9 cm³/mol. The molecule has 0 unspecified atom stereocenters. The maximum atomic E-state index is 6.05. The first-order valence-corrected chi connectivity index (χ1v) is 8.42. The number of aromatic amines is 1. The Balaban J connectivity index is 1.84. The summed E-state index contributed by atoms with van der Waals surface area (Å²) in [6.07, 6.45) is 3.44. The van der Waals surface area contributed by atoms with Gasteiger partial charge in [-0.2, -0.15) is 5.10 Å². The van der Waals surface area contributed by atoms with Crippen molar-refractivity contribution >= 4 is 5.69 Å². The Morgan fingerprint density at radius 2 is 1.75 bits per heavy atom. The van der Waals surface area contributed by atoms with Gasteiger partial charge in [0.2, 0.25) is 0 Å². The summed E-state index contributed by atoms with van der Waals surface area (Å²) in [5, 5.41) is 7.53. The van der Waals surface area contributed by atoms with E-state index in [1.807, 2.05) is 54.6 Å². The highest BCUT2D eigenvalue weighted by Gasteiger charge is 2.11. The van der Waals surface area contributed by atoms with E-state index in [0.29, 0.717) is 0 Å². The van der Waals surface area contributed by atoms with Crippen molar-refractivity contribution < 1.29 is 4.74 Å². The van der Waals surface area contributed by atoms with Crippen LogP contribution in [0.5, 0.6) is 5.75 Å². The molecular formula is C20H23N3O. The largest absolute Gasteiger partial charge is 0.493 e. The molecule has 0 spiro atoms. The van der Waals surface area contributed by atoms with Crippen molar-refractivity contribution in [1.29, 1.82) is 0 Å². The zero-order valence-electron chi connectivity index (χ0n) is 14.0. The van der Waals surface area contributed by atoms with Gasteiger partial charge in [-0.3, -0.25) is 5.10 Å². The van der Waals surface area contributed by atoms with Crippen LogP contribution in [0.2, 0.25) is 0 Å². The Bertz CT molecular complexity index is 795. The molecular weight excluding hydrogens is 298 g/mol. The fraction of sp³-hybridized carbons (Fsp3) is 0.250. The van der Waals surface area contributed by atoms with Crippen LogP contribution < -0.4 is 10.5 Å². The second-order valence-corrected chi connectivity index (χ2v) is 5.81. The molecule has 2 aromatic carbocycles. The van der Waals surface area contributed by atoms with E-state index in [-0.39, 0.29) is 0 Å². The lowest BCUT2D eigenvalue weighted by Crippen LogP contribution is -1.98. The second kappa shape index (κ2) is 7.68. The van der Waals surface area contributed by atoms with Gasteiger partial charge in [0.25, 0.3) is 0 Å². The van der Waals surface area contributed by atoms with Gasteiger partial charge in [-0.1, -0.05) is 50.1 Å². The van der Waals surface area contributed by atoms with E-state index in [9.17, 15) is 0 Å². The maximum Gasteiger partial charge on any atom is 0.128 e. The molecule has 124 valence electrons. The van der Waals surface area contributed by atoms with Crippen molar-refractivity contribution in [3.05, 3.63) is 54.6 Å². The molecule has 0 atom stereocenters. The van der Waals surface area contributed by atoms with Crippen molar-refractivity contribution in [2.24, 2.45) is 0 Å². The zero-order valence-corrected chi connectivity index (χ0v) is 14.0. The topological polar surface area (TPSA) is 63.9 Å². The molecule has 1 aromatic heterocycles. The van der Waals surface area contributed by atoms with Crippen LogP contribution in [0.25, 0.3) is 22.5 Å². The van der Waals surface area contributed by atoms with Gasteiger partial charge in [-0.15, -0.1) is 0 Å². The predicted octanol–water partition coefficient (Wildman–Crippen LogP) is 4.89. The smallest absolute Gasteiger partial charge is 0.128 e. The van der Waals surface area contributed by atoms with Gasteiger partial charge in [-0.05, 0) is 30.7 Å². The third-order valence-corrected chi connectivity index (χ3v) is 4.00. The van der Waals surface area contributed by atoms with Crippen LogP contribution in [-0.2, 0) is 0 Å². The first kappa shape index (κ1) is 16.1. The van der Waals surface area contributed by atoms with E-state index >= 15 is 0 Å². The average Bonchev–Trinajstić information content (AvgIpc) is 3.09. The third kappa shape index (κ3) is 3.59. The number of nitrogens with one attached hydrogen (secondary N) is 1. The summed E-state index contributed by atoms with van der Waals surface area (Å²) in [5.74, 6) is 0.868. The number of hydrogen-bond acceptors (Lipinski definition) is 3. The number of aromatic nitrogens is 2. The minimum Gasteiger partial charge on any atom is -0.493 e. The molecule has 4 heteroatoms. The Morgan fingerprint density at radius 3 is 2.54 bits per heavy atom. The number of anilines is 1. The first-order valence-electron chi connectivity index (χ1n) is 8.42. The number of benzene rings is 2. The lowest BCUT2D eigenvalue weighted by Gasteiger charge is -2.09. The van der Waals surface area contributed by atoms with Crippen molar-refractivity contribution in [3.8, 4) is 28.3 Å². The van der Waals surface area contributed by atoms with E-state index in [1.54, 1.807) is 0 Å². The van der Waals surface area contributed by atoms with E-state index in [4.69, 9.17) is 10.5 Å². The Kier molecular flexibility index (Phi) is 5.16. The van der Waals surface area contributed by atoms with Crippen LogP contribution in [0.1, 0.15) is 26.2 Å². The minimum absolute atomic E-state index is 0.730. The quantitative estimate of drug-likeness (QED) is 0.481. The van der Waals surface area contributed by atoms with Gasteiger partial charge in [0.05, 0.1) is 18.0 Å². The normalized spacial score (nSPS) is 10.7. The lowest BCUT2D eigenvalue weighted by molar-refractivity contribution is 0.307. The summed E-state index contributed by atoms with van der Waals surface area (Å²) in [6.45, 7) is 2.92. The van der Waals surface area contributed by atoms with Crippen molar-refractivity contribution in [3.63, 3.8) is 0 Å². The van der Waals surface area contributed by atoms with E-state index in [1.165, 1.54) is 12.8 Å². The Morgan fingerprint density at radius 1 is 1.00 bits per heavy atom. The van der Waals surface area contributed by atoms with Gasteiger partial charge in [0, 0.05) is 16.8 Å². The van der Waals surface area contributed by atoms with E-state index in [0.717, 1.165) is 47.0 Å². The highest BCUT2D eigenvalue weighted by Crippen LogP contribution is 2.32. The first-order chi connectivity index (χ1) is 11.8. The van der Waals surface area contributed by atoms with Crippen LogP contribution in [-0.4, -0.2) is 16.8 Å².